The molecule has 0 aromatic heterocycles. The number of nitrogens with two attached hydrogens (primary N) is 1. The molecule has 5 heteroatoms. The van der Waals surface area contributed by atoms with Gasteiger partial charge in [0.15, 0.2) is 0 Å². The standard InChI is InChI=1S/C13H20N2OS.ClH/c1-10(2)12(14)13(16)15-8-9-17-11-6-4-3-5-7-11;/h3-7,10,12H,8-9,14H2,1-2H3,(H,15,16);1H/t12-;/m1./s1. The number of rotatable bonds is 6. The molecule has 102 valence electrons. The van der Waals surface area contributed by atoms with Crippen LogP contribution in [-0.2, 0) is 4.79 Å². The Morgan fingerprint density at radius 1 is 1.33 bits per heavy atom. The van der Waals surface area contributed by atoms with E-state index in [9.17, 15) is 4.79 Å². The number of carbonyl (C=O) groups is 1. The Morgan fingerprint density at radius 3 is 2.50 bits per heavy atom. The molecule has 1 aromatic carbocycles. The van der Waals surface area contributed by atoms with Gasteiger partial charge in [0, 0.05) is 17.2 Å². The summed E-state index contributed by atoms with van der Waals surface area (Å²) in [7, 11) is 0. The summed E-state index contributed by atoms with van der Waals surface area (Å²) in [6.07, 6.45) is 0. The van der Waals surface area contributed by atoms with Gasteiger partial charge in [-0.1, -0.05) is 32.0 Å². The molecule has 1 rings (SSSR count). The topological polar surface area (TPSA) is 55.1 Å². The molecule has 0 radical (unpaired) electrons. The predicted octanol–water partition coefficient (Wildman–Crippen LogP) is 2.30. The molecule has 0 fully saturated rings. The van der Waals surface area contributed by atoms with Gasteiger partial charge in [0.05, 0.1) is 6.04 Å². The van der Waals surface area contributed by atoms with Crippen molar-refractivity contribution in [1.29, 1.82) is 0 Å². The first kappa shape index (κ1) is 17.3. The van der Waals surface area contributed by atoms with Crippen LogP contribution in [0.3, 0.4) is 0 Å². The van der Waals surface area contributed by atoms with Crippen LogP contribution in [0.4, 0.5) is 0 Å². The molecule has 0 aliphatic heterocycles. The van der Waals surface area contributed by atoms with E-state index in [1.807, 2.05) is 32.0 Å². The normalized spacial score (nSPS) is 11.8. The van der Waals surface area contributed by atoms with E-state index < -0.39 is 6.04 Å². The lowest BCUT2D eigenvalue weighted by Crippen LogP contribution is -2.44. The second-order valence-electron chi connectivity index (χ2n) is 4.22. The van der Waals surface area contributed by atoms with E-state index in [4.69, 9.17) is 5.73 Å². The molecule has 0 saturated carbocycles. The number of benzene rings is 1. The highest BCUT2D eigenvalue weighted by Gasteiger charge is 2.15. The van der Waals surface area contributed by atoms with Crippen molar-refractivity contribution in [1.82, 2.24) is 5.32 Å². The zero-order chi connectivity index (χ0) is 12.7. The molecule has 0 saturated heterocycles. The van der Waals surface area contributed by atoms with E-state index in [1.165, 1.54) is 4.90 Å². The zero-order valence-corrected chi connectivity index (χ0v) is 12.4. The Hall–Kier alpha value is -0.710. The monoisotopic (exact) mass is 288 g/mol. The lowest BCUT2D eigenvalue weighted by molar-refractivity contribution is -0.123. The fourth-order valence-electron chi connectivity index (χ4n) is 1.28. The third kappa shape index (κ3) is 6.28. The minimum Gasteiger partial charge on any atom is -0.354 e. The van der Waals surface area contributed by atoms with E-state index in [2.05, 4.69) is 17.4 Å². The van der Waals surface area contributed by atoms with Crippen LogP contribution in [0.5, 0.6) is 0 Å². The number of thioether (sulfide) groups is 1. The van der Waals surface area contributed by atoms with Crippen molar-refractivity contribution in [3.05, 3.63) is 30.3 Å². The summed E-state index contributed by atoms with van der Waals surface area (Å²) in [4.78, 5) is 12.8. The third-order valence-corrected chi connectivity index (χ3v) is 3.45. The highest BCUT2D eigenvalue weighted by Crippen LogP contribution is 2.15. The van der Waals surface area contributed by atoms with Gasteiger partial charge in [-0.3, -0.25) is 4.79 Å². The maximum absolute atomic E-state index is 11.6. The van der Waals surface area contributed by atoms with Gasteiger partial charge < -0.3 is 11.1 Å². The Labute approximate surface area is 119 Å². The van der Waals surface area contributed by atoms with Gasteiger partial charge in [0.25, 0.3) is 0 Å². The van der Waals surface area contributed by atoms with Crippen molar-refractivity contribution in [2.75, 3.05) is 12.3 Å². The van der Waals surface area contributed by atoms with Gasteiger partial charge in [-0.05, 0) is 18.1 Å². The van der Waals surface area contributed by atoms with E-state index in [0.717, 1.165) is 5.75 Å². The smallest absolute Gasteiger partial charge is 0.237 e. The molecule has 0 spiro atoms. The van der Waals surface area contributed by atoms with Gasteiger partial charge in [-0.2, -0.15) is 0 Å². The molecule has 1 amide bonds. The van der Waals surface area contributed by atoms with Crippen LogP contribution in [-0.4, -0.2) is 24.2 Å². The lowest BCUT2D eigenvalue weighted by Gasteiger charge is -2.15. The van der Waals surface area contributed by atoms with Crippen LogP contribution in [0.2, 0.25) is 0 Å². The van der Waals surface area contributed by atoms with Gasteiger partial charge in [-0.15, -0.1) is 24.2 Å². The van der Waals surface area contributed by atoms with E-state index in [-0.39, 0.29) is 24.2 Å². The molecule has 1 atom stereocenters. The van der Waals surface area contributed by atoms with Crippen LogP contribution in [0.25, 0.3) is 0 Å². The van der Waals surface area contributed by atoms with E-state index in [1.54, 1.807) is 11.8 Å². The molecule has 3 nitrogen and oxygen atoms in total. The van der Waals surface area contributed by atoms with E-state index >= 15 is 0 Å². The second kappa shape index (κ2) is 9.25. The summed E-state index contributed by atoms with van der Waals surface area (Å²) < 4.78 is 0. The summed E-state index contributed by atoms with van der Waals surface area (Å²) in [5, 5.41) is 2.85. The van der Waals surface area contributed by atoms with Crippen molar-refractivity contribution < 1.29 is 4.79 Å². The molecular formula is C13H21ClN2OS. The van der Waals surface area contributed by atoms with Crippen LogP contribution in [0.1, 0.15) is 13.8 Å². The fraction of sp³-hybridized carbons (Fsp3) is 0.462. The average Bonchev–Trinajstić information content (AvgIpc) is 2.34. The first-order chi connectivity index (χ1) is 8.11. The Kier molecular flexibility index (Phi) is 8.89. The average molecular weight is 289 g/mol. The van der Waals surface area contributed by atoms with Crippen molar-refractivity contribution in [2.24, 2.45) is 11.7 Å². The predicted molar refractivity (Wildman–Crippen MR) is 80.2 cm³/mol. The minimum atomic E-state index is -0.406. The minimum absolute atomic E-state index is 0. The lowest BCUT2D eigenvalue weighted by atomic mass is 10.1. The Morgan fingerprint density at radius 2 is 1.94 bits per heavy atom. The van der Waals surface area contributed by atoms with Gasteiger partial charge in [-0.25, -0.2) is 0 Å². The summed E-state index contributed by atoms with van der Waals surface area (Å²) in [6.45, 7) is 4.55. The number of halogens is 1. The quantitative estimate of drug-likeness (QED) is 0.624. The number of amides is 1. The summed E-state index contributed by atoms with van der Waals surface area (Å²) >= 11 is 1.73. The molecule has 18 heavy (non-hydrogen) atoms. The van der Waals surface area contributed by atoms with Crippen molar-refractivity contribution >= 4 is 30.1 Å². The zero-order valence-electron chi connectivity index (χ0n) is 10.8. The Bertz CT molecular complexity index is 346. The molecule has 0 aliphatic rings. The first-order valence-corrected chi connectivity index (χ1v) is 6.81. The van der Waals surface area contributed by atoms with Gasteiger partial charge in [0.2, 0.25) is 5.91 Å². The highest BCUT2D eigenvalue weighted by atomic mass is 35.5. The molecule has 0 heterocycles. The number of nitrogens with one attached hydrogen (secondary N) is 1. The Balaban J connectivity index is 0.00000289. The first-order valence-electron chi connectivity index (χ1n) is 5.82. The van der Waals surface area contributed by atoms with Gasteiger partial charge >= 0.3 is 0 Å². The number of carbonyl (C=O) groups excluding carboxylic acids is 1. The maximum Gasteiger partial charge on any atom is 0.237 e. The van der Waals surface area contributed by atoms with Crippen molar-refractivity contribution in [2.45, 2.75) is 24.8 Å². The van der Waals surface area contributed by atoms with E-state index in [0.29, 0.717) is 6.54 Å². The molecular weight excluding hydrogens is 268 g/mol. The molecule has 0 aliphatic carbocycles. The van der Waals surface area contributed by atoms with Crippen molar-refractivity contribution in [3.8, 4) is 0 Å². The highest BCUT2D eigenvalue weighted by molar-refractivity contribution is 7.99. The number of hydrogen-bond donors (Lipinski definition) is 2. The van der Waals surface area contributed by atoms with Crippen molar-refractivity contribution in [3.63, 3.8) is 0 Å². The van der Waals surface area contributed by atoms with Gasteiger partial charge in [0.1, 0.15) is 0 Å². The molecule has 3 N–H and O–H groups in total. The summed E-state index contributed by atoms with van der Waals surface area (Å²) in [5.41, 5.74) is 5.73. The molecule has 0 unspecified atom stereocenters. The number of hydrogen-bond acceptors (Lipinski definition) is 3. The molecule has 1 aromatic rings. The summed E-state index contributed by atoms with van der Waals surface area (Å²) in [5.74, 6) is 0.978. The summed E-state index contributed by atoms with van der Waals surface area (Å²) in [6, 6.07) is 9.73. The fourth-order valence-corrected chi connectivity index (χ4v) is 2.07. The largest absolute Gasteiger partial charge is 0.354 e. The SMILES string of the molecule is CC(C)[C@@H](N)C(=O)NCCSc1ccccc1.Cl. The third-order valence-electron chi connectivity index (χ3n) is 2.43. The van der Waals surface area contributed by atoms with Crippen LogP contribution in [0.15, 0.2) is 35.2 Å². The van der Waals surface area contributed by atoms with Crippen LogP contribution >= 0.6 is 24.2 Å². The molecule has 0 bridgehead atoms. The second-order valence-corrected chi connectivity index (χ2v) is 5.39. The van der Waals surface area contributed by atoms with Crippen LogP contribution in [0, 0.1) is 5.92 Å². The maximum atomic E-state index is 11.6. The van der Waals surface area contributed by atoms with Crippen LogP contribution < -0.4 is 11.1 Å².